The van der Waals surface area contributed by atoms with Gasteiger partial charge in [0, 0.05) is 25.4 Å². The number of likely N-dealkylation sites (tertiary alicyclic amines) is 1. The molecule has 6 heteroatoms. The number of carbonyl (C=O) groups is 1. The van der Waals surface area contributed by atoms with E-state index in [1.165, 1.54) is 6.92 Å². The molecule has 0 bridgehead atoms. The number of carbonyl (C=O) groups excluding carboxylic acids is 1. The van der Waals surface area contributed by atoms with Gasteiger partial charge in [0.25, 0.3) is 0 Å². The number of nitrogens with zero attached hydrogens (tertiary/aromatic N) is 1. The summed E-state index contributed by atoms with van der Waals surface area (Å²) in [4.78, 5) is 13.7. The molecule has 0 aromatic heterocycles. The van der Waals surface area contributed by atoms with Gasteiger partial charge in [-0.1, -0.05) is 0 Å². The van der Waals surface area contributed by atoms with Crippen LogP contribution in [0.15, 0.2) is 0 Å². The Morgan fingerprint density at radius 2 is 2.00 bits per heavy atom. The minimum atomic E-state index is -3.31. The lowest BCUT2D eigenvalue weighted by atomic mass is 9.92. The number of nitrogens with two attached hydrogens (primary N) is 1. The van der Waals surface area contributed by atoms with Crippen LogP contribution in [-0.2, 0) is 14.6 Å². The van der Waals surface area contributed by atoms with Crippen molar-refractivity contribution in [3.63, 3.8) is 0 Å². The summed E-state index contributed by atoms with van der Waals surface area (Å²) in [5, 5.41) is -0.950. The molecule has 1 heterocycles. The number of hydrogen-bond acceptors (Lipinski definition) is 4. The summed E-state index contributed by atoms with van der Waals surface area (Å²) in [6, 6.07) is 0.0409. The summed E-state index contributed by atoms with van der Waals surface area (Å²) in [6.45, 7) is 4.60. The Labute approximate surface area is 103 Å². The molecule has 0 aromatic carbocycles. The third-order valence-electron chi connectivity index (χ3n) is 3.50. The van der Waals surface area contributed by atoms with Crippen LogP contribution in [-0.4, -0.2) is 49.9 Å². The molecule has 0 aliphatic carbocycles. The van der Waals surface area contributed by atoms with Gasteiger partial charge in [-0.05, 0) is 32.6 Å². The zero-order valence-corrected chi connectivity index (χ0v) is 11.5. The van der Waals surface area contributed by atoms with Crippen LogP contribution in [0.3, 0.4) is 0 Å². The second-order valence-corrected chi connectivity index (χ2v) is 7.38. The first-order valence-corrected chi connectivity index (χ1v) is 7.92. The Morgan fingerprint density at radius 1 is 1.41 bits per heavy atom. The van der Waals surface area contributed by atoms with Crippen molar-refractivity contribution in [1.29, 1.82) is 0 Å². The number of amides is 1. The van der Waals surface area contributed by atoms with Crippen LogP contribution < -0.4 is 5.73 Å². The van der Waals surface area contributed by atoms with Gasteiger partial charge in [-0.2, -0.15) is 0 Å². The first-order valence-electron chi connectivity index (χ1n) is 5.96. The summed E-state index contributed by atoms with van der Waals surface area (Å²) in [7, 11) is -3.31. The van der Waals surface area contributed by atoms with Crippen molar-refractivity contribution in [2.45, 2.75) is 38.0 Å². The van der Waals surface area contributed by atoms with Gasteiger partial charge in [0.2, 0.25) is 5.91 Å². The maximum absolute atomic E-state index is 12.0. The lowest BCUT2D eigenvalue weighted by Gasteiger charge is -2.35. The molecule has 0 radical (unpaired) electrons. The van der Waals surface area contributed by atoms with Gasteiger partial charge in [0.05, 0.1) is 0 Å². The fourth-order valence-electron chi connectivity index (χ4n) is 2.08. The monoisotopic (exact) mass is 262 g/mol. The largest absolute Gasteiger partial charge is 0.341 e. The number of hydrogen-bond donors (Lipinski definition) is 1. The number of piperidine rings is 1. The summed E-state index contributed by atoms with van der Waals surface area (Å²) >= 11 is 0. The first kappa shape index (κ1) is 14.4. The number of rotatable bonds is 3. The Bertz CT molecular complexity index is 378. The minimum Gasteiger partial charge on any atom is -0.341 e. The Kier molecular flexibility index (Phi) is 4.55. The normalized spacial score (nSPS) is 25.4. The van der Waals surface area contributed by atoms with Crippen molar-refractivity contribution in [1.82, 2.24) is 4.90 Å². The maximum Gasteiger partial charge on any atom is 0.240 e. The van der Waals surface area contributed by atoms with Crippen LogP contribution in [0.5, 0.6) is 0 Å². The van der Waals surface area contributed by atoms with E-state index in [1.807, 2.05) is 6.92 Å². The highest BCUT2D eigenvalue weighted by Gasteiger charge is 2.32. The van der Waals surface area contributed by atoms with E-state index in [4.69, 9.17) is 5.73 Å². The molecule has 1 aliphatic rings. The van der Waals surface area contributed by atoms with Crippen molar-refractivity contribution in [2.75, 3.05) is 19.3 Å². The molecule has 0 aromatic rings. The van der Waals surface area contributed by atoms with Gasteiger partial charge in [-0.15, -0.1) is 0 Å². The topological polar surface area (TPSA) is 80.5 Å². The van der Waals surface area contributed by atoms with Gasteiger partial charge >= 0.3 is 0 Å². The highest BCUT2D eigenvalue weighted by molar-refractivity contribution is 7.92. The second-order valence-electron chi connectivity index (χ2n) is 5.02. The molecule has 2 N–H and O–H groups in total. The smallest absolute Gasteiger partial charge is 0.240 e. The molecule has 1 rings (SSSR count). The van der Waals surface area contributed by atoms with Crippen LogP contribution in [0.1, 0.15) is 26.7 Å². The summed E-state index contributed by atoms with van der Waals surface area (Å²) in [6.07, 6.45) is 3.01. The molecule has 100 valence electrons. The van der Waals surface area contributed by atoms with Gasteiger partial charge in [0.15, 0.2) is 9.84 Å². The second kappa shape index (κ2) is 5.35. The Hall–Kier alpha value is -0.620. The van der Waals surface area contributed by atoms with E-state index in [-0.39, 0.29) is 17.9 Å². The highest BCUT2D eigenvalue weighted by atomic mass is 32.2. The van der Waals surface area contributed by atoms with E-state index in [0.29, 0.717) is 13.1 Å². The SMILES string of the molecule is CC(N)C1CCCN(C(=O)C(C)S(C)(=O)=O)C1. The Balaban J connectivity index is 2.70. The van der Waals surface area contributed by atoms with E-state index in [9.17, 15) is 13.2 Å². The fourth-order valence-corrected chi connectivity index (χ4v) is 2.59. The zero-order valence-electron chi connectivity index (χ0n) is 10.7. The molecule has 1 fully saturated rings. The van der Waals surface area contributed by atoms with Crippen molar-refractivity contribution >= 4 is 15.7 Å². The zero-order chi connectivity index (χ0) is 13.2. The van der Waals surface area contributed by atoms with Crippen LogP contribution in [0.2, 0.25) is 0 Å². The Morgan fingerprint density at radius 3 is 2.47 bits per heavy atom. The predicted molar refractivity (Wildman–Crippen MR) is 67.3 cm³/mol. The molecule has 0 spiro atoms. The van der Waals surface area contributed by atoms with Crippen LogP contribution in [0.25, 0.3) is 0 Å². The number of sulfone groups is 1. The lowest BCUT2D eigenvalue weighted by molar-refractivity contribution is -0.132. The third-order valence-corrected chi connectivity index (χ3v) is 4.99. The van der Waals surface area contributed by atoms with Crippen LogP contribution >= 0.6 is 0 Å². The molecule has 3 atom stereocenters. The van der Waals surface area contributed by atoms with Gasteiger partial charge in [-0.3, -0.25) is 4.79 Å². The van der Waals surface area contributed by atoms with Crippen molar-refractivity contribution in [3.05, 3.63) is 0 Å². The van der Waals surface area contributed by atoms with Gasteiger partial charge in [-0.25, -0.2) is 8.42 Å². The molecule has 1 amide bonds. The van der Waals surface area contributed by atoms with Gasteiger partial charge in [0.1, 0.15) is 5.25 Å². The van der Waals surface area contributed by atoms with E-state index < -0.39 is 15.1 Å². The standard InChI is InChI=1S/C11H22N2O3S/c1-8(12)10-5-4-6-13(7-10)11(14)9(2)17(3,15)16/h8-10H,4-7,12H2,1-3H3. The molecule has 1 aliphatic heterocycles. The van der Waals surface area contributed by atoms with Crippen molar-refractivity contribution in [3.8, 4) is 0 Å². The third kappa shape index (κ3) is 3.67. The van der Waals surface area contributed by atoms with E-state index in [2.05, 4.69) is 0 Å². The quantitative estimate of drug-likeness (QED) is 0.776. The summed E-state index contributed by atoms with van der Waals surface area (Å²) in [5.41, 5.74) is 5.84. The van der Waals surface area contributed by atoms with Crippen molar-refractivity contribution < 1.29 is 13.2 Å². The maximum atomic E-state index is 12.0. The van der Waals surface area contributed by atoms with Crippen molar-refractivity contribution in [2.24, 2.45) is 11.7 Å². The average molecular weight is 262 g/mol. The fraction of sp³-hybridized carbons (Fsp3) is 0.909. The molecule has 1 saturated heterocycles. The molecular formula is C11H22N2O3S. The first-order chi connectivity index (χ1) is 7.73. The average Bonchev–Trinajstić information content (AvgIpc) is 2.26. The van der Waals surface area contributed by atoms with E-state index >= 15 is 0 Å². The van der Waals surface area contributed by atoms with E-state index in [1.54, 1.807) is 4.90 Å². The molecule has 0 saturated carbocycles. The minimum absolute atomic E-state index is 0.0409. The van der Waals surface area contributed by atoms with E-state index in [0.717, 1.165) is 19.1 Å². The van der Waals surface area contributed by atoms with Crippen LogP contribution in [0.4, 0.5) is 0 Å². The lowest BCUT2D eigenvalue weighted by Crippen LogP contribution is -2.49. The predicted octanol–water partition coefficient (Wildman–Crippen LogP) is 0.00530. The molecule has 17 heavy (non-hydrogen) atoms. The summed E-state index contributed by atoms with van der Waals surface area (Å²) < 4.78 is 22.7. The summed E-state index contributed by atoms with van der Waals surface area (Å²) in [5.74, 6) is -0.0164. The highest BCUT2D eigenvalue weighted by Crippen LogP contribution is 2.20. The van der Waals surface area contributed by atoms with Gasteiger partial charge < -0.3 is 10.6 Å². The molecule has 5 nitrogen and oxygen atoms in total. The van der Waals surface area contributed by atoms with Crippen LogP contribution in [0, 0.1) is 5.92 Å². The molecular weight excluding hydrogens is 240 g/mol. The molecule has 3 unspecified atom stereocenters.